The highest BCUT2D eigenvalue weighted by Gasteiger charge is 2.07. The van der Waals surface area contributed by atoms with Crippen LogP contribution in [0.15, 0.2) is 54.6 Å². The predicted octanol–water partition coefficient (Wildman–Crippen LogP) is 3.11. The van der Waals surface area contributed by atoms with Gasteiger partial charge in [0.1, 0.15) is 0 Å². The Morgan fingerprint density at radius 2 is 1.71 bits per heavy atom. The molecule has 0 spiro atoms. The van der Waals surface area contributed by atoms with Crippen LogP contribution in [0, 0.1) is 5.41 Å². The van der Waals surface area contributed by atoms with E-state index in [1.54, 1.807) is 0 Å². The fraction of sp³-hybridized carbons (Fsp3) is 0.176. The Bertz CT molecular complexity index is 624. The number of amidine groups is 1. The van der Waals surface area contributed by atoms with E-state index >= 15 is 0 Å². The van der Waals surface area contributed by atoms with E-state index in [1.807, 2.05) is 30.3 Å². The van der Waals surface area contributed by atoms with Crippen LogP contribution in [0.2, 0.25) is 0 Å². The zero-order valence-corrected chi connectivity index (χ0v) is 11.7. The number of hydrogen-bond acceptors (Lipinski definition) is 3. The average molecular weight is 282 g/mol. The molecule has 2 rings (SSSR count). The minimum absolute atomic E-state index is 0.253. The van der Waals surface area contributed by atoms with Gasteiger partial charge in [-0.2, -0.15) is 0 Å². The van der Waals surface area contributed by atoms with Crippen LogP contribution in [-0.2, 0) is 16.0 Å². The molecule has 0 saturated heterocycles. The van der Waals surface area contributed by atoms with Crippen LogP contribution in [0.1, 0.15) is 18.4 Å². The van der Waals surface area contributed by atoms with Crippen molar-refractivity contribution in [2.24, 2.45) is 5.73 Å². The van der Waals surface area contributed by atoms with Crippen molar-refractivity contribution >= 4 is 12.0 Å². The van der Waals surface area contributed by atoms with E-state index in [0.29, 0.717) is 6.42 Å². The van der Waals surface area contributed by atoms with Crippen LogP contribution < -0.4 is 5.73 Å². The molecule has 0 aliphatic rings. The molecule has 0 aliphatic carbocycles. The first-order valence-corrected chi connectivity index (χ1v) is 6.85. The van der Waals surface area contributed by atoms with Crippen molar-refractivity contribution < 1.29 is 9.53 Å². The quantitative estimate of drug-likeness (QED) is 0.502. The zero-order valence-electron chi connectivity index (χ0n) is 11.7. The van der Waals surface area contributed by atoms with Gasteiger partial charge in [-0.25, -0.2) is 0 Å². The number of aryl methyl sites for hydroxylation is 1. The molecule has 0 atom stereocenters. The van der Waals surface area contributed by atoms with Gasteiger partial charge in [0.2, 0.25) is 0 Å². The number of nitrogens with two attached hydrogens (primary N) is 1. The van der Waals surface area contributed by atoms with Gasteiger partial charge in [-0.1, -0.05) is 54.6 Å². The van der Waals surface area contributed by atoms with Crippen molar-refractivity contribution in [2.45, 2.75) is 19.3 Å². The molecule has 2 aromatic carbocycles. The lowest BCUT2D eigenvalue weighted by atomic mass is 9.96. The SMILES string of the molecule is N=C(N)OC(=O)CCCc1ccccc1-c1ccccc1. The summed E-state index contributed by atoms with van der Waals surface area (Å²) in [5.74, 6) is -0.459. The molecule has 108 valence electrons. The van der Waals surface area contributed by atoms with E-state index in [1.165, 1.54) is 16.7 Å². The molecule has 0 aliphatic heterocycles. The second kappa shape index (κ2) is 7.24. The highest BCUT2D eigenvalue weighted by atomic mass is 16.5. The smallest absolute Gasteiger partial charge is 0.313 e. The van der Waals surface area contributed by atoms with Crippen molar-refractivity contribution in [3.63, 3.8) is 0 Å². The summed E-state index contributed by atoms with van der Waals surface area (Å²) in [6.45, 7) is 0. The molecule has 4 nitrogen and oxygen atoms in total. The Morgan fingerprint density at radius 1 is 1.05 bits per heavy atom. The number of esters is 1. The first-order chi connectivity index (χ1) is 10.2. The lowest BCUT2D eigenvalue weighted by Crippen LogP contribution is -2.19. The third-order valence-corrected chi connectivity index (χ3v) is 3.15. The standard InChI is InChI=1S/C17H18N2O2/c18-17(19)21-16(20)12-6-10-14-9-4-5-11-15(14)13-7-2-1-3-8-13/h1-5,7-9,11H,6,10,12H2,(H3,18,19). The molecule has 3 N–H and O–H groups in total. The van der Waals surface area contributed by atoms with Gasteiger partial charge in [-0.15, -0.1) is 0 Å². The Hall–Kier alpha value is -2.62. The van der Waals surface area contributed by atoms with Gasteiger partial charge in [0.25, 0.3) is 6.02 Å². The highest BCUT2D eigenvalue weighted by Crippen LogP contribution is 2.24. The van der Waals surface area contributed by atoms with E-state index in [-0.39, 0.29) is 6.42 Å². The van der Waals surface area contributed by atoms with Crippen LogP contribution in [0.4, 0.5) is 0 Å². The Balaban J connectivity index is 2.01. The summed E-state index contributed by atoms with van der Waals surface area (Å²) >= 11 is 0. The molecular formula is C17H18N2O2. The lowest BCUT2D eigenvalue weighted by molar-refractivity contribution is -0.135. The molecule has 2 aromatic rings. The number of benzene rings is 2. The van der Waals surface area contributed by atoms with Crippen molar-refractivity contribution in [3.05, 3.63) is 60.2 Å². The van der Waals surface area contributed by atoms with Crippen LogP contribution in [0.3, 0.4) is 0 Å². The maximum atomic E-state index is 11.4. The first-order valence-electron chi connectivity index (χ1n) is 6.85. The summed E-state index contributed by atoms with van der Waals surface area (Å²) in [6.07, 6.45) is 1.69. The zero-order chi connectivity index (χ0) is 15.1. The summed E-state index contributed by atoms with van der Waals surface area (Å²) in [5, 5.41) is 6.91. The van der Waals surface area contributed by atoms with Crippen molar-refractivity contribution in [1.29, 1.82) is 5.41 Å². The number of carbonyl (C=O) groups is 1. The molecule has 0 saturated carbocycles. The molecule has 0 unspecified atom stereocenters. The third-order valence-electron chi connectivity index (χ3n) is 3.15. The number of rotatable bonds is 5. The molecular weight excluding hydrogens is 264 g/mol. The van der Waals surface area contributed by atoms with Crippen LogP contribution in [0.25, 0.3) is 11.1 Å². The number of nitrogens with one attached hydrogen (secondary N) is 1. The minimum atomic E-state index is -0.551. The molecule has 4 heteroatoms. The first kappa shape index (κ1) is 14.8. The predicted molar refractivity (Wildman–Crippen MR) is 82.8 cm³/mol. The second-order valence-corrected chi connectivity index (χ2v) is 4.72. The lowest BCUT2D eigenvalue weighted by Gasteiger charge is -2.09. The van der Waals surface area contributed by atoms with Gasteiger partial charge >= 0.3 is 5.97 Å². The van der Waals surface area contributed by atoms with E-state index < -0.39 is 12.0 Å². The van der Waals surface area contributed by atoms with Gasteiger partial charge in [-0.3, -0.25) is 10.2 Å². The van der Waals surface area contributed by atoms with Gasteiger partial charge < -0.3 is 10.5 Å². The molecule has 0 heterocycles. The van der Waals surface area contributed by atoms with E-state index in [4.69, 9.17) is 11.1 Å². The Kier molecular flexibility index (Phi) is 5.10. The van der Waals surface area contributed by atoms with Crippen LogP contribution >= 0.6 is 0 Å². The monoisotopic (exact) mass is 282 g/mol. The molecule has 0 fully saturated rings. The van der Waals surface area contributed by atoms with Gasteiger partial charge in [0, 0.05) is 6.42 Å². The summed E-state index contributed by atoms with van der Waals surface area (Å²) in [5.41, 5.74) is 8.56. The van der Waals surface area contributed by atoms with Gasteiger partial charge in [-0.05, 0) is 29.5 Å². The highest BCUT2D eigenvalue weighted by molar-refractivity contribution is 5.84. The van der Waals surface area contributed by atoms with E-state index in [0.717, 1.165) is 6.42 Å². The fourth-order valence-electron chi connectivity index (χ4n) is 2.23. The molecule has 0 amide bonds. The summed E-state index contributed by atoms with van der Waals surface area (Å²) < 4.78 is 4.53. The average Bonchev–Trinajstić information content (AvgIpc) is 2.48. The topological polar surface area (TPSA) is 76.2 Å². The van der Waals surface area contributed by atoms with Crippen molar-refractivity contribution in [2.75, 3.05) is 0 Å². The van der Waals surface area contributed by atoms with Gasteiger partial charge in [0.05, 0.1) is 0 Å². The number of carbonyl (C=O) groups excluding carboxylic acids is 1. The summed E-state index contributed by atoms with van der Waals surface area (Å²) in [7, 11) is 0. The second-order valence-electron chi connectivity index (χ2n) is 4.72. The summed E-state index contributed by atoms with van der Waals surface area (Å²) in [6, 6.07) is 17.8. The maximum absolute atomic E-state index is 11.4. The summed E-state index contributed by atoms with van der Waals surface area (Å²) in [4.78, 5) is 11.4. The Labute approximate surface area is 124 Å². The van der Waals surface area contributed by atoms with Crippen molar-refractivity contribution in [3.8, 4) is 11.1 Å². The maximum Gasteiger partial charge on any atom is 0.313 e. The van der Waals surface area contributed by atoms with Crippen molar-refractivity contribution in [1.82, 2.24) is 0 Å². The van der Waals surface area contributed by atoms with E-state index in [2.05, 4.69) is 29.0 Å². The van der Waals surface area contributed by atoms with E-state index in [9.17, 15) is 4.79 Å². The third kappa shape index (κ3) is 4.45. The van der Waals surface area contributed by atoms with Gasteiger partial charge in [0.15, 0.2) is 0 Å². The molecule has 0 radical (unpaired) electrons. The minimum Gasteiger partial charge on any atom is -0.393 e. The van der Waals surface area contributed by atoms with Crippen LogP contribution in [0.5, 0.6) is 0 Å². The Morgan fingerprint density at radius 3 is 2.43 bits per heavy atom. The largest absolute Gasteiger partial charge is 0.393 e. The number of ether oxygens (including phenoxy) is 1. The number of hydrogen-bond donors (Lipinski definition) is 2. The normalized spacial score (nSPS) is 10.1. The molecule has 0 aromatic heterocycles. The molecule has 0 bridgehead atoms. The fourth-order valence-corrected chi connectivity index (χ4v) is 2.23. The molecule has 21 heavy (non-hydrogen) atoms. The van der Waals surface area contributed by atoms with Crippen LogP contribution in [-0.4, -0.2) is 12.0 Å².